The normalized spacial score (nSPS) is 18.1. The van der Waals surface area contributed by atoms with E-state index in [1.807, 2.05) is 25.1 Å². The van der Waals surface area contributed by atoms with Crippen molar-refractivity contribution in [3.63, 3.8) is 0 Å². The molecule has 1 heterocycles. The van der Waals surface area contributed by atoms with E-state index in [0.717, 1.165) is 36.3 Å². The predicted octanol–water partition coefficient (Wildman–Crippen LogP) is 1.64. The molecule has 5 heteroatoms. The van der Waals surface area contributed by atoms with Crippen molar-refractivity contribution in [2.75, 3.05) is 17.2 Å². The first-order valence-corrected chi connectivity index (χ1v) is 6.49. The highest BCUT2D eigenvalue weighted by atomic mass is 16.2. The molecule has 1 fully saturated rings. The van der Waals surface area contributed by atoms with Gasteiger partial charge in [0.05, 0.1) is 6.04 Å². The summed E-state index contributed by atoms with van der Waals surface area (Å²) < 4.78 is 0. The van der Waals surface area contributed by atoms with Gasteiger partial charge >= 0.3 is 0 Å². The molecular weight excluding hydrogens is 242 g/mol. The van der Waals surface area contributed by atoms with E-state index >= 15 is 0 Å². The van der Waals surface area contributed by atoms with Gasteiger partial charge in [-0.15, -0.1) is 0 Å². The van der Waals surface area contributed by atoms with Crippen molar-refractivity contribution in [3.05, 3.63) is 23.8 Å². The van der Waals surface area contributed by atoms with Gasteiger partial charge in [-0.05, 0) is 44.0 Å². The molecule has 1 aromatic carbocycles. The fourth-order valence-corrected chi connectivity index (χ4v) is 2.22. The van der Waals surface area contributed by atoms with E-state index < -0.39 is 0 Å². The van der Waals surface area contributed by atoms with Crippen molar-refractivity contribution in [1.82, 2.24) is 5.32 Å². The largest absolute Gasteiger partial charge is 0.326 e. The number of hydrogen-bond donors (Lipinski definition) is 3. The Bertz CT molecular complexity index is 493. The summed E-state index contributed by atoms with van der Waals surface area (Å²) in [6.07, 6.45) is 1.90. The smallest absolute Gasteiger partial charge is 0.241 e. The number of hydrogen-bond acceptors (Lipinski definition) is 3. The predicted molar refractivity (Wildman–Crippen MR) is 75.1 cm³/mol. The zero-order valence-electron chi connectivity index (χ0n) is 11.2. The van der Waals surface area contributed by atoms with E-state index in [-0.39, 0.29) is 17.9 Å². The Hall–Kier alpha value is -1.88. The van der Waals surface area contributed by atoms with E-state index in [1.165, 1.54) is 6.92 Å². The highest BCUT2D eigenvalue weighted by Gasteiger charge is 2.22. The second-order valence-electron chi connectivity index (χ2n) is 4.80. The third-order valence-electron chi connectivity index (χ3n) is 3.28. The first kappa shape index (κ1) is 13.5. The lowest BCUT2D eigenvalue weighted by Gasteiger charge is -2.15. The maximum atomic E-state index is 12.0. The molecule has 1 atom stereocenters. The molecule has 1 unspecified atom stereocenters. The lowest BCUT2D eigenvalue weighted by molar-refractivity contribution is -0.117. The quantitative estimate of drug-likeness (QED) is 0.774. The molecule has 0 spiro atoms. The Labute approximate surface area is 112 Å². The molecule has 2 amide bonds. The van der Waals surface area contributed by atoms with Crippen LogP contribution in [0.1, 0.15) is 25.3 Å². The highest BCUT2D eigenvalue weighted by molar-refractivity contribution is 5.97. The van der Waals surface area contributed by atoms with Crippen LogP contribution in [-0.4, -0.2) is 24.4 Å². The molecule has 5 nitrogen and oxygen atoms in total. The Balaban J connectivity index is 2.11. The van der Waals surface area contributed by atoms with Gasteiger partial charge in [0.1, 0.15) is 0 Å². The lowest BCUT2D eigenvalue weighted by Crippen LogP contribution is -2.35. The van der Waals surface area contributed by atoms with Crippen molar-refractivity contribution in [2.24, 2.45) is 0 Å². The zero-order chi connectivity index (χ0) is 13.8. The lowest BCUT2D eigenvalue weighted by atomic mass is 10.1. The minimum Gasteiger partial charge on any atom is -0.326 e. The van der Waals surface area contributed by atoms with E-state index in [2.05, 4.69) is 16.0 Å². The second kappa shape index (κ2) is 5.84. The number of carbonyl (C=O) groups is 2. The van der Waals surface area contributed by atoms with Crippen molar-refractivity contribution in [1.29, 1.82) is 0 Å². The number of carbonyl (C=O) groups excluding carboxylic acids is 2. The maximum absolute atomic E-state index is 12.0. The Morgan fingerprint density at radius 3 is 2.53 bits per heavy atom. The van der Waals surface area contributed by atoms with Gasteiger partial charge in [-0.25, -0.2) is 0 Å². The van der Waals surface area contributed by atoms with E-state index in [1.54, 1.807) is 0 Å². The molecule has 0 bridgehead atoms. The maximum Gasteiger partial charge on any atom is 0.241 e. The molecule has 0 saturated carbocycles. The molecule has 0 aliphatic carbocycles. The number of benzene rings is 1. The van der Waals surface area contributed by atoms with Crippen LogP contribution in [0.3, 0.4) is 0 Å². The van der Waals surface area contributed by atoms with Gasteiger partial charge < -0.3 is 16.0 Å². The molecule has 19 heavy (non-hydrogen) atoms. The first-order chi connectivity index (χ1) is 9.08. The van der Waals surface area contributed by atoms with Gasteiger partial charge in [-0.2, -0.15) is 0 Å². The summed E-state index contributed by atoms with van der Waals surface area (Å²) in [5.41, 5.74) is 2.33. The average Bonchev–Trinajstić information content (AvgIpc) is 2.87. The molecule has 0 aromatic heterocycles. The van der Waals surface area contributed by atoms with E-state index in [9.17, 15) is 9.59 Å². The van der Waals surface area contributed by atoms with Crippen LogP contribution in [0.2, 0.25) is 0 Å². The Kier molecular flexibility index (Phi) is 4.16. The zero-order valence-corrected chi connectivity index (χ0v) is 11.2. The fourth-order valence-electron chi connectivity index (χ4n) is 2.22. The number of amides is 2. The van der Waals surface area contributed by atoms with Crippen molar-refractivity contribution >= 4 is 23.2 Å². The van der Waals surface area contributed by atoms with Crippen molar-refractivity contribution < 1.29 is 9.59 Å². The summed E-state index contributed by atoms with van der Waals surface area (Å²) in [6.45, 7) is 4.24. The van der Waals surface area contributed by atoms with Gasteiger partial charge in [-0.3, -0.25) is 9.59 Å². The standard InChI is InChI=1S/C14H19N3O2/c1-9-11(16-10(2)18)5-3-6-12(9)17-14(19)13-7-4-8-15-13/h3,5-6,13,15H,4,7-8H2,1-2H3,(H,16,18)(H,17,19). The molecule has 0 radical (unpaired) electrons. The van der Waals surface area contributed by atoms with Crippen LogP contribution in [0.5, 0.6) is 0 Å². The molecule has 1 aliphatic rings. The summed E-state index contributed by atoms with van der Waals surface area (Å²) in [6, 6.07) is 5.37. The summed E-state index contributed by atoms with van der Waals surface area (Å²) in [5, 5.41) is 8.82. The van der Waals surface area contributed by atoms with Crippen LogP contribution < -0.4 is 16.0 Å². The molecule has 2 rings (SSSR count). The van der Waals surface area contributed by atoms with Crippen molar-refractivity contribution in [3.8, 4) is 0 Å². The van der Waals surface area contributed by atoms with Crippen LogP contribution in [0.25, 0.3) is 0 Å². The van der Waals surface area contributed by atoms with Gasteiger partial charge in [0, 0.05) is 18.3 Å². The summed E-state index contributed by atoms with van der Waals surface area (Å²) >= 11 is 0. The molecule has 3 N–H and O–H groups in total. The molecule has 1 aliphatic heterocycles. The van der Waals surface area contributed by atoms with Crippen LogP contribution in [0, 0.1) is 6.92 Å². The molecule has 102 valence electrons. The Morgan fingerprint density at radius 2 is 1.95 bits per heavy atom. The summed E-state index contributed by atoms with van der Waals surface area (Å²) in [7, 11) is 0. The van der Waals surface area contributed by atoms with Crippen LogP contribution >= 0.6 is 0 Å². The third kappa shape index (κ3) is 3.32. The van der Waals surface area contributed by atoms with Crippen molar-refractivity contribution in [2.45, 2.75) is 32.7 Å². The number of rotatable bonds is 3. The summed E-state index contributed by atoms with van der Waals surface area (Å²) in [5.74, 6) is -0.135. The third-order valence-corrected chi connectivity index (χ3v) is 3.28. The monoisotopic (exact) mass is 261 g/mol. The van der Waals surface area contributed by atoms with Crippen LogP contribution in [-0.2, 0) is 9.59 Å². The fraction of sp³-hybridized carbons (Fsp3) is 0.429. The van der Waals surface area contributed by atoms with Crippen LogP contribution in [0.15, 0.2) is 18.2 Å². The van der Waals surface area contributed by atoms with Gasteiger partial charge in [0.15, 0.2) is 0 Å². The Morgan fingerprint density at radius 1 is 1.26 bits per heavy atom. The van der Waals surface area contributed by atoms with E-state index in [0.29, 0.717) is 0 Å². The number of anilines is 2. The SMILES string of the molecule is CC(=O)Nc1cccc(NC(=O)C2CCCN2)c1C. The minimum atomic E-state index is -0.121. The molecule has 1 aromatic rings. The topological polar surface area (TPSA) is 70.2 Å². The van der Waals surface area contributed by atoms with E-state index in [4.69, 9.17) is 0 Å². The number of nitrogens with one attached hydrogen (secondary N) is 3. The summed E-state index contributed by atoms with van der Waals surface area (Å²) in [4.78, 5) is 23.1. The molecule has 1 saturated heterocycles. The van der Waals surface area contributed by atoms with Gasteiger partial charge in [-0.1, -0.05) is 6.07 Å². The average molecular weight is 261 g/mol. The molecular formula is C14H19N3O2. The van der Waals surface area contributed by atoms with Gasteiger partial charge in [0.2, 0.25) is 11.8 Å². The van der Waals surface area contributed by atoms with Crippen LogP contribution in [0.4, 0.5) is 11.4 Å². The minimum absolute atomic E-state index is 0.0134. The van der Waals surface area contributed by atoms with Gasteiger partial charge in [0.25, 0.3) is 0 Å². The highest BCUT2D eigenvalue weighted by Crippen LogP contribution is 2.23. The first-order valence-electron chi connectivity index (χ1n) is 6.49. The second-order valence-corrected chi connectivity index (χ2v) is 4.80.